The quantitative estimate of drug-likeness (QED) is 0.263. The highest BCUT2D eigenvalue weighted by Crippen LogP contribution is 2.24. The topological polar surface area (TPSA) is 100 Å². The Morgan fingerprint density at radius 2 is 1.76 bits per heavy atom. The molecule has 10 heteroatoms. The molecular weight excluding hydrogens is 528 g/mol. The second kappa shape index (κ2) is 13.2. The van der Waals surface area contributed by atoms with Gasteiger partial charge in [-0.05, 0) is 48.9 Å². The number of amides is 1. The second-order valence-corrected chi connectivity index (χ2v) is 11.2. The lowest BCUT2D eigenvalue weighted by Crippen LogP contribution is -2.39. The van der Waals surface area contributed by atoms with Gasteiger partial charge in [-0.25, -0.2) is 4.98 Å². The summed E-state index contributed by atoms with van der Waals surface area (Å²) in [6.45, 7) is 5.91. The summed E-state index contributed by atoms with van der Waals surface area (Å²) in [6.07, 6.45) is 6.31. The number of nitrogens with one attached hydrogen (secondary N) is 2. The molecule has 2 fully saturated rings. The van der Waals surface area contributed by atoms with Gasteiger partial charge >= 0.3 is 0 Å². The highest BCUT2D eigenvalue weighted by molar-refractivity contribution is 5.84. The van der Waals surface area contributed by atoms with Crippen LogP contribution in [0.25, 0.3) is 11.2 Å². The summed E-state index contributed by atoms with van der Waals surface area (Å²) < 4.78 is 7.33. The van der Waals surface area contributed by atoms with Gasteiger partial charge < -0.3 is 24.8 Å². The summed E-state index contributed by atoms with van der Waals surface area (Å²) in [4.78, 5) is 31.1. The average Bonchev–Trinajstić information content (AvgIpc) is 3.63. The molecule has 2 aliphatic rings. The first-order chi connectivity index (χ1) is 20.6. The fraction of sp³-hybridized carbons (Fsp3) is 0.438. The van der Waals surface area contributed by atoms with E-state index < -0.39 is 0 Å². The molecule has 0 saturated carbocycles. The first-order valence-corrected chi connectivity index (χ1v) is 15.0. The van der Waals surface area contributed by atoms with Gasteiger partial charge in [-0.15, -0.1) is 0 Å². The molecule has 0 spiro atoms. The van der Waals surface area contributed by atoms with Crippen molar-refractivity contribution in [3.05, 3.63) is 72.1 Å². The average molecular weight is 569 g/mol. The Kier molecular flexibility index (Phi) is 8.79. The number of carbonyl (C=O) groups is 1. The number of anilines is 2. The van der Waals surface area contributed by atoms with Gasteiger partial charge in [0.05, 0.1) is 13.4 Å². The minimum Gasteiger partial charge on any atom is -0.497 e. The minimum absolute atomic E-state index is 0.232. The van der Waals surface area contributed by atoms with Gasteiger partial charge in [0.1, 0.15) is 5.75 Å². The number of methoxy groups -OCH3 is 1. The molecule has 2 saturated heterocycles. The smallest absolute Gasteiger partial charge is 0.227 e. The van der Waals surface area contributed by atoms with Crippen molar-refractivity contribution in [3.8, 4) is 5.75 Å². The van der Waals surface area contributed by atoms with Crippen LogP contribution in [0.3, 0.4) is 0 Å². The zero-order valence-electron chi connectivity index (χ0n) is 24.3. The van der Waals surface area contributed by atoms with Crippen LogP contribution in [0.15, 0.2) is 60.9 Å². The van der Waals surface area contributed by atoms with Gasteiger partial charge in [0.25, 0.3) is 0 Å². The molecule has 4 heterocycles. The van der Waals surface area contributed by atoms with E-state index in [1.165, 1.54) is 11.1 Å². The number of likely N-dealkylation sites (tertiary alicyclic amines) is 2. The number of imidazole rings is 1. The first-order valence-electron chi connectivity index (χ1n) is 15.0. The predicted molar refractivity (Wildman–Crippen MR) is 165 cm³/mol. The van der Waals surface area contributed by atoms with E-state index >= 15 is 0 Å². The van der Waals surface area contributed by atoms with Crippen LogP contribution >= 0.6 is 0 Å². The summed E-state index contributed by atoms with van der Waals surface area (Å²) >= 11 is 0. The number of piperidine rings is 1. The summed E-state index contributed by atoms with van der Waals surface area (Å²) in [5.41, 5.74) is 4.11. The number of aromatic nitrogens is 4. The van der Waals surface area contributed by atoms with Crippen molar-refractivity contribution in [2.75, 3.05) is 50.5 Å². The van der Waals surface area contributed by atoms with E-state index in [0.29, 0.717) is 38.0 Å². The van der Waals surface area contributed by atoms with Crippen LogP contribution in [0.2, 0.25) is 0 Å². The Labute approximate surface area is 247 Å². The summed E-state index contributed by atoms with van der Waals surface area (Å²) in [7, 11) is 1.68. The van der Waals surface area contributed by atoms with Gasteiger partial charge in [-0.3, -0.25) is 9.69 Å². The molecule has 4 aromatic rings. The normalized spacial score (nSPS) is 16.3. The fourth-order valence-corrected chi connectivity index (χ4v) is 5.84. The van der Waals surface area contributed by atoms with Gasteiger partial charge in [0.15, 0.2) is 17.0 Å². The molecule has 0 bridgehead atoms. The monoisotopic (exact) mass is 568 g/mol. The van der Waals surface area contributed by atoms with Gasteiger partial charge in [0, 0.05) is 58.3 Å². The molecule has 10 nitrogen and oxygen atoms in total. The lowest BCUT2D eigenvalue weighted by molar-refractivity contribution is -0.127. The van der Waals surface area contributed by atoms with E-state index in [9.17, 15) is 4.79 Å². The standard InChI is InChI=1S/C32H40N8O2/c1-42-27-11-9-24(10-12-27)13-16-33-30-29-31(40(23-34-29)21-20-39-17-5-8-28(39)41)37-32(36-30)35-26-14-18-38(19-15-26)22-25-6-3-2-4-7-25/h2-4,6-7,9-12,23,26H,5,8,13-22H2,1H3,(H2,33,35,36,37). The minimum atomic E-state index is 0.232. The highest BCUT2D eigenvalue weighted by atomic mass is 16.5. The molecule has 220 valence electrons. The first kappa shape index (κ1) is 28.0. The molecule has 6 rings (SSSR count). The Morgan fingerprint density at radius 3 is 2.50 bits per heavy atom. The van der Waals surface area contributed by atoms with Crippen LogP contribution in [0.4, 0.5) is 11.8 Å². The van der Waals surface area contributed by atoms with E-state index in [1.54, 1.807) is 7.11 Å². The molecule has 2 aromatic heterocycles. The van der Waals surface area contributed by atoms with Crippen molar-refractivity contribution in [2.24, 2.45) is 0 Å². The third-order valence-corrected chi connectivity index (χ3v) is 8.28. The molecule has 0 radical (unpaired) electrons. The van der Waals surface area contributed by atoms with Crippen molar-refractivity contribution in [1.82, 2.24) is 29.3 Å². The zero-order valence-corrected chi connectivity index (χ0v) is 24.3. The molecular formula is C32H40N8O2. The van der Waals surface area contributed by atoms with Crippen LogP contribution in [-0.2, 0) is 24.3 Å². The third kappa shape index (κ3) is 6.82. The van der Waals surface area contributed by atoms with E-state index in [4.69, 9.17) is 14.7 Å². The molecule has 0 unspecified atom stereocenters. The molecule has 2 N–H and O–H groups in total. The molecule has 0 atom stereocenters. The van der Waals surface area contributed by atoms with Crippen LogP contribution < -0.4 is 15.4 Å². The van der Waals surface area contributed by atoms with Crippen LogP contribution in [0, 0.1) is 0 Å². The number of ether oxygens (including phenoxy) is 1. The predicted octanol–water partition coefficient (Wildman–Crippen LogP) is 4.19. The molecule has 2 aromatic carbocycles. The van der Waals surface area contributed by atoms with Crippen LogP contribution in [0.5, 0.6) is 5.75 Å². The van der Waals surface area contributed by atoms with Crippen molar-refractivity contribution in [3.63, 3.8) is 0 Å². The SMILES string of the molecule is COc1ccc(CCNc2nc(NC3CCN(Cc4ccccc4)CC3)nc3c2ncn3CCN2CCCC2=O)cc1. The number of hydrogen-bond donors (Lipinski definition) is 2. The van der Waals surface area contributed by atoms with E-state index in [1.807, 2.05) is 27.9 Å². The number of carbonyl (C=O) groups excluding carboxylic acids is 1. The Bertz CT molecular complexity index is 1470. The number of benzene rings is 2. The van der Waals surface area contributed by atoms with E-state index in [-0.39, 0.29) is 5.91 Å². The maximum absolute atomic E-state index is 12.2. The van der Waals surface area contributed by atoms with E-state index in [0.717, 1.165) is 74.6 Å². The van der Waals surface area contributed by atoms with Gasteiger partial charge in [0.2, 0.25) is 11.9 Å². The molecule has 1 amide bonds. The zero-order chi connectivity index (χ0) is 28.7. The second-order valence-electron chi connectivity index (χ2n) is 11.2. The number of nitrogens with zero attached hydrogens (tertiary/aromatic N) is 6. The van der Waals surface area contributed by atoms with Gasteiger partial charge in [-0.2, -0.15) is 9.97 Å². The maximum Gasteiger partial charge on any atom is 0.227 e. The lowest BCUT2D eigenvalue weighted by atomic mass is 10.0. The highest BCUT2D eigenvalue weighted by Gasteiger charge is 2.23. The summed E-state index contributed by atoms with van der Waals surface area (Å²) in [5.74, 6) is 2.44. The third-order valence-electron chi connectivity index (χ3n) is 8.28. The Balaban J connectivity index is 1.15. The van der Waals surface area contributed by atoms with Crippen LogP contribution in [-0.4, -0.2) is 81.1 Å². The number of rotatable bonds is 12. The van der Waals surface area contributed by atoms with Crippen LogP contribution in [0.1, 0.15) is 36.8 Å². The van der Waals surface area contributed by atoms with Gasteiger partial charge in [-0.1, -0.05) is 42.5 Å². The van der Waals surface area contributed by atoms with Crippen molar-refractivity contribution < 1.29 is 9.53 Å². The lowest BCUT2D eigenvalue weighted by Gasteiger charge is -2.32. The molecule has 42 heavy (non-hydrogen) atoms. The summed E-state index contributed by atoms with van der Waals surface area (Å²) in [6, 6.07) is 19.1. The fourth-order valence-electron chi connectivity index (χ4n) is 5.84. The Morgan fingerprint density at radius 1 is 0.952 bits per heavy atom. The van der Waals surface area contributed by atoms with Crippen molar-refractivity contribution in [1.29, 1.82) is 0 Å². The largest absolute Gasteiger partial charge is 0.497 e. The van der Waals surface area contributed by atoms with E-state index in [2.05, 4.69) is 63.0 Å². The number of fused-ring (bicyclic) bond motifs is 1. The van der Waals surface area contributed by atoms with Crippen molar-refractivity contribution in [2.45, 2.75) is 51.2 Å². The van der Waals surface area contributed by atoms with Crippen molar-refractivity contribution >= 4 is 28.8 Å². The Hall–Kier alpha value is -4.18. The molecule has 0 aliphatic carbocycles. The molecule has 2 aliphatic heterocycles. The number of hydrogen-bond acceptors (Lipinski definition) is 8. The maximum atomic E-state index is 12.2. The summed E-state index contributed by atoms with van der Waals surface area (Å²) in [5, 5.41) is 7.15.